The summed E-state index contributed by atoms with van der Waals surface area (Å²) in [6.07, 6.45) is 0.360. The Labute approximate surface area is 116 Å². The van der Waals surface area contributed by atoms with Crippen LogP contribution in [0.2, 0.25) is 0 Å². The lowest BCUT2D eigenvalue weighted by Gasteiger charge is -2.14. The van der Waals surface area contributed by atoms with Gasteiger partial charge in [-0.15, -0.1) is 0 Å². The summed E-state index contributed by atoms with van der Waals surface area (Å²) in [5, 5.41) is 9.10. The number of benzene rings is 2. The topological polar surface area (TPSA) is 63.3 Å². The predicted molar refractivity (Wildman–Crippen MR) is 75.7 cm³/mol. The number of carboxylic acid groups (broad SMARTS) is 1. The quantitative estimate of drug-likeness (QED) is 0.880. The lowest BCUT2D eigenvalue weighted by molar-refractivity contribution is -0.141. The second-order valence-corrected chi connectivity index (χ2v) is 4.64. The zero-order valence-corrected chi connectivity index (χ0v) is 10.9. The highest BCUT2D eigenvalue weighted by atomic mass is 19.1. The molecule has 0 heterocycles. The maximum absolute atomic E-state index is 13.0. The van der Waals surface area contributed by atoms with E-state index in [9.17, 15) is 9.18 Å². The fourth-order valence-corrected chi connectivity index (χ4v) is 2.15. The predicted octanol–water partition coefficient (Wildman–Crippen LogP) is 2.69. The van der Waals surface area contributed by atoms with E-state index < -0.39 is 11.9 Å². The van der Waals surface area contributed by atoms with Gasteiger partial charge < -0.3 is 10.8 Å². The van der Waals surface area contributed by atoms with Crippen molar-refractivity contribution in [2.75, 3.05) is 6.54 Å². The second-order valence-electron chi connectivity index (χ2n) is 4.64. The van der Waals surface area contributed by atoms with Crippen molar-refractivity contribution < 1.29 is 14.3 Å². The lowest BCUT2D eigenvalue weighted by Crippen LogP contribution is -2.25. The van der Waals surface area contributed by atoms with Crippen LogP contribution in [0.4, 0.5) is 4.39 Å². The summed E-state index contributed by atoms with van der Waals surface area (Å²) in [4.78, 5) is 11.1. The number of nitrogens with two attached hydrogens (primary N) is 1. The van der Waals surface area contributed by atoms with E-state index in [4.69, 9.17) is 10.8 Å². The molecule has 20 heavy (non-hydrogen) atoms. The molecule has 0 aliphatic carbocycles. The zero-order chi connectivity index (χ0) is 14.5. The first-order chi connectivity index (χ1) is 9.61. The van der Waals surface area contributed by atoms with Crippen molar-refractivity contribution >= 4 is 5.97 Å². The van der Waals surface area contributed by atoms with E-state index in [0.717, 1.165) is 16.7 Å². The molecule has 0 spiro atoms. The Morgan fingerprint density at radius 2 is 1.80 bits per heavy atom. The van der Waals surface area contributed by atoms with Gasteiger partial charge in [-0.25, -0.2) is 4.39 Å². The molecular formula is C16H16FNO2. The SMILES string of the molecule is NC[C@@H](Cc1ccccc1-c1ccc(F)cc1)C(=O)O. The zero-order valence-electron chi connectivity index (χ0n) is 10.9. The minimum Gasteiger partial charge on any atom is -0.481 e. The molecule has 104 valence electrons. The van der Waals surface area contributed by atoms with Gasteiger partial charge in [-0.1, -0.05) is 36.4 Å². The Bertz CT molecular complexity index is 596. The molecule has 2 rings (SSSR count). The average molecular weight is 273 g/mol. The molecule has 3 N–H and O–H groups in total. The van der Waals surface area contributed by atoms with Crippen molar-refractivity contribution in [1.82, 2.24) is 0 Å². The molecule has 0 fully saturated rings. The summed E-state index contributed by atoms with van der Waals surface area (Å²) in [5.74, 6) is -1.81. The smallest absolute Gasteiger partial charge is 0.308 e. The summed E-state index contributed by atoms with van der Waals surface area (Å²) in [5.41, 5.74) is 8.17. The van der Waals surface area contributed by atoms with E-state index in [1.54, 1.807) is 12.1 Å². The van der Waals surface area contributed by atoms with Crippen LogP contribution in [-0.4, -0.2) is 17.6 Å². The van der Waals surface area contributed by atoms with Crippen LogP contribution in [0, 0.1) is 11.7 Å². The summed E-state index contributed by atoms with van der Waals surface area (Å²) < 4.78 is 13.0. The van der Waals surface area contributed by atoms with E-state index in [1.165, 1.54) is 12.1 Å². The first kappa shape index (κ1) is 14.2. The number of rotatable bonds is 5. The highest BCUT2D eigenvalue weighted by molar-refractivity contribution is 5.73. The Balaban J connectivity index is 2.35. The molecule has 2 aromatic rings. The first-order valence-corrected chi connectivity index (χ1v) is 6.38. The van der Waals surface area contributed by atoms with Gasteiger partial charge in [0.1, 0.15) is 5.82 Å². The molecule has 0 amide bonds. The highest BCUT2D eigenvalue weighted by Gasteiger charge is 2.17. The van der Waals surface area contributed by atoms with Crippen LogP contribution in [0.25, 0.3) is 11.1 Å². The highest BCUT2D eigenvalue weighted by Crippen LogP contribution is 2.25. The van der Waals surface area contributed by atoms with Crippen LogP contribution < -0.4 is 5.73 Å². The number of carbonyl (C=O) groups is 1. The van der Waals surface area contributed by atoms with Gasteiger partial charge in [0.2, 0.25) is 0 Å². The van der Waals surface area contributed by atoms with Gasteiger partial charge in [-0.05, 0) is 35.2 Å². The van der Waals surface area contributed by atoms with Crippen LogP contribution in [0.1, 0.15) is 5.56 Å². The van der Waals surface area contributed by atoms with Crippen molar-refractivity contribution in [2.24, 2.45) is 11.7 Å². The van der Waals surface area contributed by atoms with Crippen LogP contribution in [0.15, 0.2) is 48.5 Å². The van der Waals surface area contributed by atoms with E-state index >= 15 is 0 Å². The Hall–Kier alpha value is -2.20. The molecule has 4 heteroatoms. The molecule has 0 unspecified atom stereocenters. The van der Waals surface area contributed by atoms with Gasteiger partial charge in [0.15, 0.2) is 0 Å². The fraction of sp³-hybridized carbons (Fsp3) is 0.188. The van der Waals surface area contributed by atoms with Crippen molar-refractivity contribution in [3.8, 4) is 11.1 Å². The summed E-state index contributed by atoms with van der Waals surface area (Å²) in [6, 6.07) is 13.7. The van der Waals surface area contributed by atoms with E-state index in [1.807, 2.05) is 24.3 Å². The third-order valence-corrected chi connectivity index (χ3v) is 3.27. The molecular weight excluding hydrogens is 257 g/mol. The van der Waals surface area contributed by atoms with E-state index in [2.05, 4.69) is 0 Å². The second kappa shape index (κ2) is 6.30. The van der Waals surface area contributed by atoms with Crippen molar-refractivity contribution in [3.63, 3.8) is 0 Å². The summed E-state index contributed by atoms with van der Waals surface area (Å²) in [7, 11) is 0. The number of hydrogen-bond acceptors (Lipinski definition) is 2. The maximum Gasteiger partial charge on any atom is 0.308 e. The molecule has 0 aliphatic heterocycles. The first-order valence-electron chi connectivity index (χ1n) is 6.38. The minimum absolute atomic E-state index is 0.0904. The fourth-order valence-electron chi connectivity index (χ4n) is 2.15. The number of aliphatic carboxylic acids is 1. The molecule has 2 aromatic carbocycles. The molecule has 1 atom stereocenters. The van der Waals surface area contributed by atoms with Gasteiger partial charge in [0, 0.05) is 6.54 Å². The molecule has 0 aromatic heterocycles. The van der Waals surface area contributed by atoms with Crippen molar-refractivity contribution in [2.45, 2.75) is 6.42 Å². The van der Waals surface area contributed by atoms with Gasteiger partial charge >= 0.3 is 5.97 Å². The molecule has 0 radical (unpaired) electrons. The number of carboxylic acids is 1. The summed E-state index contributed by atoms with van der Waals surface area (Å²) in [6.45, 7) is 0.0904. The van der Waals surface area contributed by atoms with E-state index in [-0.39, 0.29) is 12.4 Å². The van der Waals surface area contributed by atoms with Gasteiger partial charge in [-0.2, -0.15) is 0 Å². The van der Waals surface area contributed by atoms with Crippen molar-refractivity contribution in [3.05, 3.63) is 59.9 Å². The van der Waals surface area contributed by atoms with Crippen LogP contribution >= 0.6 is 0 Å². The number of hydrogen-bond donors (Lipinski definition) is 2. The van der Waals surface area contributed by atoms with Gasteiger partial charge in [0.05, 0.1) is 5.92 Å². The largest absolute Gasteiger partial charge is 0.481 e. The average Bonchev–Trinajstić information content (AvgIpc) is 2.46. The van der Waals surface area contributed by atoms with E-state index in [0.29, 0.717) is 6.42 Å². The van der Waals surface area contributed by atoms with Crippen LogP contribution in [0.3, 0.4) is 0 Å². The molecule has 0 saturated carbocycles. The molecule has 0 aliphatic rings. The van der Waals surface area contributed by atoms with Crippen molar-refractivity contribution in [1.29, 1.82) is 0 Å². The lowest BCUT2D eigenvalue weighted by atomic mass is 9.92. The normalized spacial score (nSPS) is 12.1. The number of halogens is 1. The monoisotopic (exact) mass is 273 g/mol. The third-order valence-electron chi connectivity index (χ3n) is 3.27. The third kappa shape index (κ3) is 3.22. The van der Waals surface area contributed by atoms with Gasteiger partial charge in [-0.3, -0.25) is 4.79 Å². The molecule has 0 saturated heterocycles. The summed E-state index contributed by atoms with van der Waals surface area (Å²) >= 11 is 0. The Morgan fingerprint density at radius 3 is 2.40 bits per heavy atom. The maximum atomic E-state index is 13.0. The van der Waals surface area contributed by atoms with Crippen LogP contribution in [0.5, 0.6) is 0 Å². The van der Waals surface area contributed by atoms with Gasteiger partial charge in [0.25, 0.3) is 0 Å². The standard InChI is InChI=1S/C16H16FNO2/c17-14-7-5-11(6-8-14)15-4-2-1-3-12(15)9-13(10-18)16(19)20/h1-8,13H,9-10,18H2,(H,19,20)/t13-/m1/s1. The Morgan fingerprint density at radius 1 is 1.15 bits per heavy atom. The molecule has 0 bridgehead atoms. The van der Waals surface area contributed by atoms with Crippen LogP contribution in [-0.2, 0) is 11.2 Å². The minimum atomic E-state index is -0.901. The molecule has 3 nitrogen and oxygen atoms in total. The Kier molecular flexibility index (Phi) is 4.48.